The lowest BCUT2D eigenvalue weighted by Gasteiger charge is -2.27. The predicted octanol–water partition coefficient (Wildman–Crippen LogP) is 2.64. The van der Waals surface area contributed by atoms with Gasteiger partial charge in [-0.15, -0.1) is 0 Å². The summed E-state index contributed by atoms with van der Waals surface area (Å²) in [6.07, 6.45) is 2.13. The van der Waals surface area contributed by atoms with Crippen molar-refractivity contribution in [1.82, 2.24) is 10.4 Å². The van der Waals surface area contributed by atoms with Gasteiger partial charge in [0.1, 0.15) is 16.8 Å². The zero-order chi connectivity index (χ0) is 25.0. The number of nitro groups is 1. The van der Waals surface area contributed by atoms with Crippen molar-refractivity contribution in [2.75, 3.05) is 12.0 Å². The number of carbonyl (C=O) groups excluding carboxylic acids is 4. The molecule has 0 saturated carbocycles. The molecule has 0 spiro atoms. The molecule has 1 unspecified atom stereocenters. The molecule has 4 amide bonds. The molecular weight excluding hydrogens is 468 g/mol. The third kappa shape index (κ3) is 4.89. The first kappa shape index (κ1) is 24.4. The van der Waals surface area contributed by atoms with Gasteiger partial charge in [-0.2, -0.15) is 0 Å². The van der Waals surface area contributed by atoms with Crippen LogP contribution in [0.15, 0.2) is 54.6 Å². The molecule has 0 bridgehead atoms. The summed E-state index contributed by atoms with van der Waals surface area (Å²) in [5.41, 5.74) is 1.90. The molecule has 1 fully saturated rings. The van der Waals surface area contributed by atoms with Crippen molar-refractivity contribution in [1.29, 1.82) is 0 Å². The first-order valence-electron chi connectivity index (χ1n) is 9.89. The SMILES string of the molecule is CC=CC(=O)N(NC(=O)c1ccc(Cl)c([N+](=O)[O-])c1)C1CC(=O)N(c2ccc(OC)cc2)C1=O. The van der Waals surface area contributed by atoms with Crippen molar-refractivity contribution in [3.8, 4) is 5.75 Å². The van der Waals surface area contributed by atoms with E-state index in [1.54, 1.807) is 19.1 Å². The van der Waals surface area contributed by atoms with Crippen LogP contribution in [0.4, 0.5) is 11.4 Å². The number of benzene rings is 2. The fourth-order valence-corrected chi connectivity index (χ4v) is 3.48. The first-order valence-corrected chi connectivity index (χ1v) is 10.3. The Morgan fingerprint density at radius 3 is 2.50 bits per heavy atom. The number of imide groups is 1. The lowest BCUT2D eigenvalue weighted by atomic mass is 10.2. The Morgan fingerprint density at radius 1 is 1.24 bits per heavy atom. The van der Waals surface area contributed by atoms with E-state index in [1.807, 2.05) is 0 Å². The van der Waals surface area contributed by atoms with E-state index in [2.05, 4.69) is 5.43 Å². The Labute approximate surface area is 198 Å². The Balaban J connectivity index is 1.90. The highest BCUT2D eigenvalue weighted by Gasteiger charge is 2.45. The quantitative estimate of drug-likeness (QED) is 0.286. The van der Waals surface area contributed by atoms with Gasteiger partial charge in [0.05, 0.1) is 24.1 Å². The number of nitrogens with zero attached hydrogens (tertiary/aromatic N) is 3. The molecule has 0 aromatic heterocycles. The molecule has 0 radical (unpaired) electrons. The van der Waals surface area contributed by atoms with Gasteiger partial charge < -0.3 is 4.74 Å². The topological polar surface area (TPSA) is 139 Å². The number of anilines is 1. The molecule has 3 rings (SSSR count). The average molecular weight is 487 g/mol. The van der Waals surface area contributed by atoms with Gasteiger partial charge >= 0.3 is 0 Å². The van der Waals surface area contributed by atoms with Crippen molar-refractivity contribution >= 4 is 46.6 Å². The average Bonchev–Trinajstić information content (AvgIpc) is 3.11. The summed E-state index contributed by atoms with van der Waals surface area (Å²) in [5.74, 6) is -2.44. The standard InChI is InChI=1S/C22H19ClN4O7/c1-3-4-19(28)26(24-21(30)13-5-10-16(23)17(11-13)27(32)33)18-12-20(29)25(22(18)31)14-6-8-15(34-2)9-7-14/h3-11,18H,12H2,1-2H3,(H,24,30). The summed E-state index contributed by atoms with van der Waals surface area (Å²) in [7, 11) is 1.47. The van der Waals surface area contributed by atoms with E-state index < -0.39 is 40.3 Å². The molecule has 1 saturated heterocycles. The van der Waals surface area contributed by atoms with E-state index in [9.17, 15) is 29.3 Å². The van der Waals surface area contributed by atoms with Gasteiger partial charge in [-0.05, 0) is 43.3 Å². The van der Waals surface area contributed by atoms with E-state index in [0.717, 1.165) is 22.1 Å². The lowest BCUT2D eigenvalue weighted by Crippen LogP contribution is -2.54. The number of hydrogen-bond donors (Lipinski definition) is 1. The second-order valence-corrected chi connectivity index (χ2v) is 7.47. The number of halogens is 1. The molecule has 1 N–H and O–H groups in total. The Bertz CT molecular complexity index is 1200. The molecule has 11 nitrogen and oxygen atoms in total. The van der Waals surface area contributed by atoms with Gasteiger partial charge in [-0.3, -0.25) is 34.7 Å². The van der Waals surface area contributed by atoms with Gasteiger partial charge in [0.2, 0.25) is 5.91 Å². The number of carbonyl (C=O) groups is 4. The molecule has 1 aliphatic heterocycles. The van der Waals surface area contributed by atoms with Crippen LogP contribution in [0.25, 0.3) is 0 Å². The molecule has 12 heteroatoms. The van der Waals surface area contributed by atoms with Crippen molar-refractivity contribution in [2.24, 2.45) is 0 Å². The number of rotatable bonds is 6. The summed E-state index contributed by atoms with van der Waals surface area (Å²) in [4.78, 5) is 62.6. The highest BCUT2D eigenvalue weighted by atomic mass is 35.5. The van der Waals surface area contributed by atoms with Crippen LogP contribution in [0.3, 0.4) is 0 Å². The highest BCUT2D eigenvalue weighted by Crippen LogP contribution is 2.28. The third-order valence-electron chi connectivity index (χ3n) is 4.94. The van der Waals surface area contributed by atoms with Crippen LogP contribution in [0, 0.1) is 10.1 Å². The Kier molecular flexibility index (Phi) is 7.27. The minimum Gasteiger partial charge on any atom is -0.497 e. The molecule has 176 valence electrons. The second kappa shape index (κ2) is 10.1. The lowest BCUT2D eigenvalue weighted by molar-refractivity contribution is -0.384. The molecule has 1 atom stereocenters. The summed E-state index contributed by atoms with van der Waals surface area (Å²) in [6, 6.07) is 8.19. The minimum absolute atomic E-state index is 0.168. The van der Waals surface area contributed by atoms with Crippen LogP contribution in [0.2, 0.25) is 5.02 Å². The van der Waals surface area contributed by atoms with Crippen molar-refractivity contribution in [2.45, 2.75) is 19.4 Å². The molecule has 34 heavy (non-hydrogen) atoms. The molecule has 1 heterocycles. The van der Waals surface area contributed by atoms with Gasteiger partial charge in [0.25, 0.3) is 23.4 Å². The number of ether oxygens (including phenoxy) is 1. The summed E-state index contributed by atoms with van der Waals surface area (Å²) >= 11 is 5.78. The number of methoxy groups -OCH3 is 1. The molecule has 2 aromatic carbocycles. The van der Waals surface area contributed by atoms with Gasteiger partial charge in [0.15, 0.2) is 0 Å². The maximum absolute atomic E-state index is 13.1. The van der Waals surface area contributed by atoms with Crippen molar-refractivity contribution in [3.63, 3.8) is 0 Å². The van der Waals surface area contributed by atoms with E-state index in [4.69, 9.17) is 16.3 Å². The minimum atomic E-state index is -1.33. The maximum atomic E-state index is 13.1. The predicted molar refractivity (Wildman–Crippen MR) is 121 cm³/mol. The van der Waals surface area contributed by atoms with E-state index in [1.165, 1.54) is 37.5 Å². The zero-order valence-corrected chi connectivity index (χ0v) is 18.8. The number of hydrogen-bond acceptors (Lipinski definition) is 7. The summed E-state index contributed by atoms with van der Waals surface area (Å²) in [6.45, 7) is 1.56. The van der Waals surface area contributed by atoms with E-state index in [-0.39, 0.29) is 22.7 Å². The smallest absolute Gasteiger partial charge is 0.288 e. The second-order valence-electron chi connectivity index (χ2n) is 7.06. The van der Waals surface area contributed by atoms with Crippen LogP contribution in [0.1, 0.15) is 23.7 Å². The maximum Gasteiger partial charge on any atom is 0.288 e. The van der Waals surface area contributed by atoms with Crippen molar-refractivity contribution < 1.29 is 28.8 Å². The summed E-state index contributed by atoms with van der Waals surface area (Å²) in [5, 5.41) is 11.7. The first-order chi connectivity index (χ1) is 16.2. The zero-order valence-electron chi connectivity index (χ0n) is 18.1. The third-order valence-corrected chi connectivity index (χ3v) is 5.26. The number of nitro benzene ring substituents is 1. The van der Waals surface area contributed by atoms with Crippen molar-refractivity contribution in [3.05, 3.63) is 75.3 Å². The molecular formula is C22H19ClN4O7. The van der Waals surface area contributed by atoms with Crippen LogP contribution >= 0.6 is 11.6 Å². The fourth-order valence-electron chi connectivity index (χ4n) is 3.30. The number of nitrogens with one attached hydrogen (secondary N) is 1. The molecule has 0 aliphatic carbocycles. The highest BCUT2D eigenvalue weighted by molar-refractivity contribution is 6.32. The van der Waals surface area contributed by atoms with Gasteiger partial charge in [0, 0.05) is 17.7 Å². The number of amides is 4. The largest absolute Gasteiger partial charge is 0.497 e. The molecule has 2 aromatic rings. The normalized spacial score (nSPS) is 15.5. The number of hydrazine groups is 1. The fraction of sp³-hybridized carbons (Fsp3) is 0.182. The van der Waals surface area contributed by atoms with E-state index >= 15 is 0 Å². The van der Waals surface area contributed by atoms with Gasteiger partial charge in [-0.25, -0.2) is 9.91 Å². The van der Waals surface area contributed by atoms with Crippen LogP contribution < -0.4 is 15.1 Å². The van der Waals surface area contributed by atoms with Crippen LogP contribution in [-0.4, -0.2) is 46.7 Å². The number of allylic oxidation sites excluding steroid dienone is 1. The van der Waals surface area contributed by atoms with Crippen LogP contribution in [0.5, 0.6) is 5.75 Å². The Morgan fingerprint density at radius 2 is 1.91 bits per heavy atom. The Hall–Kier alpha value is -4.25. The monoisotopic (exact) mass is 486 g/mol. The van der Waals surface area contributed by atoms with Gasteiger partial charge in [-0.1, -0.05) is 17.7 Å². The molecule has 1 aliphatic rings. The summed E-state index contributed by atoms with van der Waals surface area (Å²) < 4.78 is 5.07. The van der Waals surface area contributed by atoms with E-state index in [0.29, 0.717) is 5.75 Å². The van der Waals surface area contributed by atoms with Crippen LogP contribution in [-0.2, 0) is 14.4 Å².